The Morgan fingerprint density at radius 3 is 3.29 bits per heavy atom. The summed E-state index contributed by atoms with van der Waals surface area (Å²) in [6, 6.07) is 3.40. The summed E-state index contributed by atoms with van der Waals surface area (Å²) in [7, 11) is 0. The number of anilines is 1. The van der Waals surface area contributed by atoms with Gasteiger partial charge in [0, 0.05) is 17.5 Å². The van der Waals surface area contributed by atoms with E-state index in [0.29, 0.717) is 23.1 Å². The molecule has 0 fully saturated rings. The fourth-order valence-corrected chi connectivity index (χ4v) is 3.55. The van der Waals surface area contributed by atoms with Gasteiger partial charge in [-0.25, -0.2) is 4.98 Å². The van der Waals surface area contributed by atoms with E-state index in [4.69, 9.17) is 4.42 Å². The van der Waals surface area contributed by atoms with Crippen LogP contribution in [0, 0.1) is 0 Å². The summed E-state index contributed by atoms with van der Waals surface area (Å²) in [5, 5.41) is 21.6. The van der Waals surface area contributed by atoms with Gasteiger partial charge in [0.15, 0.2) is 10.9 Å². The van der Waals surface area contributed by atoms with Crippen LogP contribution in [-0.4, -0.2) is 44.2 Å². The molecule has 24 heavy (non-hydrogen) atoms. The molecular formula is C15H15N5O3S. The minimum absolute atomic E-state index is 0.0558. The van der Waals surface area contributed by atoms with Crippen LogP contribution in [-0.2, 0) is 11.3 Å². The number of furan rings is 1. The van der Waals surface area contributed by atoms with Gasteiger partial charge in [-0.1, -0.05) is 0 Å². The van der Waals surface area contributed by atoms with E-state index in [0.717, 1.165) is 11.3 Å². The second kappa shape index (κ2) is 6.19. The van der Waals surface area contributed by atoms with Gasteiger partial charge in [-0.05, 0) is 12.1 Å². The minimum Gasteiger partial charge on any atom is -0.463 e. The average molecular weight is 345 g/mol. The zero-order valence-corrected chi connectivity index (χ0v) is 13.4. The van der Waals surface area contributed by atoms with Gasteiger partial charge in [-0.3, -0.25) is 14.8 Å². The zero-order valence-electron chi connectivity index (χ0n) is 12.6. The normalized spacial score (nSPS) is 17.1. The van der Waals surface area contributed by atoms with Crippen molar-refractivity contribution in [2.75, 3.05) is 18.5 Å². The summed E-state index contributed by atoms with van der Waals surface area (Å²) in [5.74, 6) is 0.490. The maximum Gasteiger partial charge on any atom is 0.240 e. The molecule has 0 radical (unpaired) electrons. The molecule has 9 heteroatoms. The van der Waals surface area contributed by atoms with Gasteiger partial charge in [0.1, 0.15) is 5.69 Å². The van der Waals surface area contributed by atoms with Gasteiger partial charge in [-0.2, -0.15) is 5.10 Å². The summed E-state index contributed by atoms with van der Waals surface area (Å²) >= 11 is 1.34. The minimum atomic E-state index is -0.209. The third-order valence-corrected chi connectivity index (χ3v) is 4.71. The lowest BCUT2D eigenvalue weighted by atomic mass is 10.2. The summed E-state index contributed by atoms with van der Waals surface area (Å²) < 4.78 is 5.29. The van der Waals surface area contributed by atoms with Crippen molar-refractivity contribution in [1.29, 1.82) is 0 Å². The zero-order chi connectivity index (χ0) is 16.5. The van der Waals surface area contributed by atoms with Crippen molar-refractivity contribution in [3.8, 4) is 11.5 Å². The van der Waals surface area contributed by atoms with Crippen molar-refractivity contribution in [2.24, 2.45) is 0 Å². The van der Waals surface area contributed by atoms with Crippen LogP contribution in [0.1, 0.15) is 17.3 Å². The number of carbonyl (C=O) groups is 1. The number of nitrogens with one attached hydrogen (secondary N) is 2. The number of hydrogen-bond donors (Lipinski definition) is 3. The molecule has 0 aromatic carbocycles. The molecule has 4 heterocycles. The highest BCUT2D eigenvalue weighted by Gasteiger charge is 2.32. The van der Waals surface area contributed by atoms with E-state index in [1.165, 1.54) is 11.3 Å². The first-order valence-corrected chi connectivity index (χ1v) is 8.29. The average Bonchev–Trinajstić information content (AvgIpc) is 3.31. The van der Waals surface area contributed by atoms with Crippen molar-refractivity contribution >= 4 is 22.4 Å². The second-order valence-electron chi connectivity index (χ2n) is 5.47. The molecule has 0 aliphatic carbocycles. The van der Waals surface area contributed by atoms with Crippen molar-refractivity contribution in [3.63, 3.8) is 0 Å². The number of hydrogen-bond acceptors (Lipinski definition) is 7. The quantitative estimate of drug-likeness (QED) is 0.648. The fraction of sp³-hybridized carbons (Fsp3) is 0.267. The fourth-order valence-electron chi connectivity index (χ4n) is 2.84. The molecule has 1 atom stereocenters. The Morgan fingerprint density at radius 1 is 1.58 bits per heavy atom. The summed E-state index contributed by atoms with van der Waals surface area (Å²) in [5.41, 5.74) is 2.58. The van der Waals surface area contributed by atoms with Crippen LogP contribution in [0.3, 0.4) is 0 Å². The molecule has 0 saturated carbocycles. The van der Waals surface area contributed by atoms with E-state index in [9.17, 15) is 9.90 Å². The molecule has 3 aromatic heterocycles. The Labute approximate surface area is 141 Å². The third kappa shape index (κ3) is 2.73. The smallest absolute Gasteiger partial charge is 0.240 e. The van der Waals surface area contributed by atoms with Crippen LogP contribution >= 0.6 is 11.3 Å². The van der Waals surface area contributed by atoms with Crippen LogP contribution < -0.4 is 5.32 Å². The van der Waals surface area contributed by atoms with Crippen LogP contribution in [0.2, 0.25) is 0 Å². The monoisotopic (exact) mass is 345 g/mol. The molecule has 0 saturated heterocycles. The van der Waals surface area contributed by atoms with Gasteiger partial charge in [0.2, 0.25) is 5.91 Å². The number of amides is 1. The molecule has 3 aromatic rings. The maximum absolute atomic E-state index is 12.3. The van der Waals surface area contributed by atoms with E-state index in [1.807, 2.05) is 16.3 Å². The van der Waals surface area contributed by atoms with Crippen molar-refractivity contribution in [3.05, 3.63) is 41.2 Å². The molecule has 0 bridgehead atoms. The Bertz CT molecular complexity index is 841. The van der Waals surface area contributed by atoms with E-state index in [-0.39, 0.29) is 25.1 Å². The van der Waals surface area contributed by atoms with E-state index < -0.39 is 0 Å². The number of aliphatic hydroxyl groups excluding tert-OH is 1. The third-order valence-electron chi connectivity index (χ3n) is 3.96. The number of H-pyrrole nitrogens is 1. The molecule has 124 valence electrons. The lowest BCUT2D eigenvalue weighted by molar-refractivity contribution is -0.118. The number of carbonyl (C=O) groups excluding carboxylic acids is 1. The predicted octanol–water partition coefficient (Wildman–Crippen LogP) is 1.61. The topological polar surface area (TPSA) is 107 Å². The van der Waals surface area contributed by atoms with Gasteiger partial charge >= 0.3 is 0 Å². The van der Waals surface area contributed by atoms with Gasteiger partial charge in [0.25, 0.3) is 0 Å². The summed E-state index contributed by atoms with van der Waals surface area (Å²) in [6.07, 6.45) is 3.28. The molecule has 1 unspecified atom stereocenters. The molecule has 3 N–H and O–H groups in total. The second-order valence-corrected chi connectivity index (χ2v) is 6.33. The number of nitrogens with zero attached hydrogens (tertiary/aromatic N) is 3. The lowest BCUT2D eigenvalue weighted by Gasteiger charge is -2.21. The summed E-state index contributed by atoms with van der Waals surface area (Å²) in [4.78, 5) is 18.5. The number of aromatic amines is 1. The van der Waals surface area contributed by atoms with Crippen molar-refractivity contribution < 1.29 is 14.3 Å². The maximum atomic E-state index is 12.3. The van der Waals surface area contributed by atoms with Gasteiger partial charge in [-0.15, -0.1) is 11.3 Å². The largest absolute Gasteiger partial charge is 0.463 e. The highest BCUT2D eigenvalue weighted by molar-refractivity contribution is 7.14. The highest BCUT2D eigenvalue weighted by atomic mass is 32.1. The molecule has 4 rings (SSSR count). The number of rotatable bonds is 5. The highest BCUT2D eigenvalue weighted by Crippen LogP contribution is 2.31. The SMILES string of the molecule is O=C(CN1Cc2[nH]ncc2C1CO)Nc1nc(-c2ccco2)cs1. The van der Waals surface area contributed by atoms with Crippen LogP contribution in [0.5, 0.6) is 0 Å². The van der Waals surface area contributed by atoms with E-state index in [1.54, 1.807) is 18.5 Å². The molecule has 1 aliphatic heterocycles. The Balaban J connectivity index is 1.40. The standard InChI is InChI=1S/C15H15N5O3S/c21-7-12-9-4-16-19-10(9)5-20(12)6-14(22)18-15-17-11(8-24-15)13-2-1-3-23-13/h1-4,8,12,21H,5-7H2,(H,16,19)(H,17,18,22). The number of thiazole rings is 1. The first-order valence-electron chi connectivity index (χ1n) is 7.41. The Morgan fingerprint density at radius 2 is 2.50 bits per heavy atom. The molecule has 1 amide bonds. The van der Waals surface area contributed by atoms with Crippen molar-refractivity contribution in [1.82, 2.24) is 20.1 Å². The van der Waals surface area contributed by atoms with Crippen LogP contribution in [0.15, 0.2) is 34.4 Å². The first-order chi connectivity index (χ1) is 11.7. The van der Waals surface area contributed by atoms with Crippen LogP contribution in [0.25, 0.3) is 11.5 Å². The molecule has 1 aliphatic rings. The van der Waals surface area contributed by atoms with Gasteiger partial charge < -0.3 is 14.8 Å². The first kappa shape index (κ1) is 15.1. The number of fused-ring (bicyclic) bond motifs is 1. The molecule has 8 nitrogen and oxygen atoms in total. The molecular weight excluding hydrogens is 330 g/mol. The van der Waals surface area contributed by atoms with Gasteiger partial charge in [0.05, 0.1) is 37.3 Å². The Kier molecular flexibility index (Phi) is 3.89. The van der Waals surface area contributed by atoms with E-state index in [2.05, 4.69) is 20.5 Å². The van der Waals surface area contributed by atoms with Crippen molar-refractivity contribution in [2.45, 2.75) is 12.6 Å². The molecule has 0 spiro atoms. The number of aliphatic hydroxyl groups is 1. The predicted molar refractivity (Wildman–Crippen MR) is 87.3 cm³/mol. The van der Waals surface area contributed by atoms with Crippen LogP contribution in [0.4, 0.5) is 5.13 Å². The summed E-state index contributed by atoms with van der Waals surface area (Å²) in [6.45, 7) is 0.673. The van der Waals surface area contributed by atoms with E-state index >= 15 is 0 Å². The number of aromatic nitrogens is 3. The Hall–Kier alpha value is -2.49. The lowest BCUT2D eigenvalue weighted by Crippen LogP contribution is -2.33.